The molecule has 0 N–H and O–H groups in total. The third kappa shape index (κ3) is 2.83. The van der Waals surface area contributed by atoms with E-state index in [9.17, 15) is 0 Å². The maximum absolute atomic E-state index is 4.49. The second-order valence-corrected chi connectivity index (χ2v) is 7.86. The first-order valence-corrected chi connectivity index (χ1v) is 9.04. The third-order valence-corrected chi connectivity index (χ3v) is 6.04. The van der Waals surface area contributed by atoms with Gasteiger partial charge in [-0.05, 0) is 44.0 Å². The lowest BCUT2D eigenvalue weighted by Crippen LogP contribution is -2.36. The van der Waals surface area contributed by atoms with E-state index in [1.165, 1.54) is 41.4 Å². The zero-order valence-electron chi connectivity index (χ0n) is 13.1. The summed E-state index contributed by atoms with van der Waals surface area (Å²) in [7, 11) is 0. The van der Waals surface area contributed by atoms with Crippen LogP contribution in [-0.4, -0.2) is 40.0 Å². The Morgan fingerprint density at radius 3 is 2.45 bits per heavy atom. The molecular weight excluding hydrogens is 290 g/mol. The van der Waals surface area contributed by atoms with E-state index in [4.69, 9.17) is 0 Å². The van der Waals surface area contributed by atoms with E-state index in [-0.39, 0.29) is 0 Å². The smallest absolute Gasteiger partial charge is 0.0544 e. The lowest BCUT2D eigenvalue weighted by Gasteiger charge is -2.25. The van der Waals surface area contributed by atoms with Crippen molar-refractivity contribution in [3.63, 3.8) is 0 Å². The van der Waals surface area contributed by atoms with Crippen LogP contribution in [0, 0.1) is 6.92 Å². The predicted octanol–water partition coefficient (Wildman–Crippen LogP) is 3.30. The van der Waals surface area contributed by atoms with Gasteiger partial charge in [-0.25, -0.2) is 0 Å². The summed E-state index contributed by atoms with van der Waals surface area (Å²) < 4.78 is 0. The highest BCUT2D eigenvalue weighted by atomic mass is 32.1. The van der Waals surface area contributed by atoms with Crippen LogP contribution in [-0.2, 0) is 13.1 Å². The second-order valence-electron chi connectivity index (χ2n) is 6.49. The number of fused-ring (bicyclic) bond motifs is 1. The summed E-state index contributed by atoms with van der Waals surface area (Å²) in [6.45, 7) is 6.80. The maximum Gasteiger partial charge on any atom is 0.0544 e. The van der Waals surface area contributed by atoms with Crippen LogP contribution in [0.15, 0.2) is 36.5 Å². The highest BCUT2D eigenvalue weighted by molar-refractivity contribution is 7.11. The molecule has 0 spiro atoms. The van der Waals surface area contributed by atoms with Gasteiger partial charge in [0.25, 0.3) is 0 Å². The summed E-state index contributed by atoms with van der Waals surface area (Å²) in [6.07, 6.45) is 4.52. The number of pyridine rings is 1. The van der Waals surface area contributed by atoms with Crippen LogP contribution < -0.4 is 0 Å². The molecule has 2 atom stereocenters. The third-order valence-electron chi connectivity index (χ3n) is 5.05. The first kappa shape index (κ1) is 14.4. The summed E-state index contributed by atoms with van der Waals surface area (Å²) in [5.74, 6) is 0. The van der Waals surface area contributed by atoms with Gasteiger partial charge in [-0.1, -0.05) is 6.07 Å². The first-order chi connectivity index (χ1) is 10.8. The van der Waals surface area contributed by atoms with Crippen molar-refractivity contribution in [3.8, 4) is 0 Å². The second kappa shape index (κ2) is 6.11. The number of likely N-dealkylation sites (tertiary alicyclic amines) is 2. The van der Waals surface area contributed by atoms with Crippen molar-refractivity contribution in [2.75, 3.05) is 13.1 Å². The Hall–Kier alpha value is -1.23. The molecule has 4 heterocycles. The summed E-state index contributed by atoms with van der Waals surface area (Å²) in [5, 5.41) is 0. The highest BCUT2D eigenvalue weighted by Crippen LogP contribution is 2.34. The zero-order valence-corrected chi connectivity index (χ0v) is 13.9. The van der Waals surface area contributed by atoms with Gasteiger partial charge < -0.3 is 0 Å². The van der Waals surface area contributed by atoms with Gasteiger partial charge in [0.1, 0.15) is 0 Å². The predicted molar refractivity (Wildman–Crippen MR) is 90.9 cm³/mol. The Morgan fingerprint density at radius 1 is 1.05 bits per heavy atom. The summed E-state index contributed by atoms with van der Waals surface area (Å²) >= 11 is 1.95. The van der Waals surface area contributed by atoms with Gasteiger partial charge in [0.15, 0.2) is 0 Å². The molecule has 2 aromatic heterocycles. The van der Waals surface area contributed by atoms with Crippen molar-refractivity contribution in [2.24, 2.45) is 0 Å². The Morgan fingerprint density at radius 2 is 1.82 bits per heavy atom. The monoisotopic (exact) mass is 313 g/mol. The van der Waals surface area contributed by atoms with E-state index < -0.39 is 0 Å². The van der Waals surface area contributed by atoms with E-state index in [0.717, 1.165) is 25.2 Å². The first-order valence-electron chi connectivity index (χ1n) is 8.23. The fourth-order valence-corrected chi connectivity index (χ4v) is 4.94. The molecule has 2 saturated heterocycles. The van der Waals surface area contributed by atoms with E-state index in [1.807, 2.05) is 23.6 Å². The van der Waals surface area contributed by atoms with Crippen LogP contribution in [0.4, 0.5) is 0 Å². The van der Waals surface area contributed by atoms with Gasteiger partial charge in [-0.15, -0.1) is 11.3 Å². The molecule has 0 amide bonds. The molecule has 0 unspecified atom stereocenters. The van der Waals surface area contributed by atoms with Crippen LogP contribution in [0.1, 0.15) is 28.3 Å². The lowest BCUT2D eigenvalue weighted by atomic mass is 10.1. The molecule has 0 saturated carbocycles. The Kier molecular flexibility index (Phi) is 3.99. The van der Waals surface area contributed by atoms with Gasteiger partial charge in [0.05, 0.1) is 5.69 Å². The number of nitrogens with zero attached hydrogens (tertiary/aromatic N) is 3. The SMILES string of the molecule is Cc1ccc(CN2CC[C@@H]3[C@@H]2CCN3Cc2ccccn2)s1. The normalized spacial score (nSPS) is 25.7. The summed E-state index contributed by atoms with van der Waals surface area (Å²) in [6, 6.07) is 12.2. The van der Waals surface area contributed by atoms with Crippen LogP contribution in [0.25, 0.3) is 0 Å². The van der Waals surface area contributed by atoms with Gasteiger partial charge in [-0.2, -0.15) is 0 Å². The lowest BCUT2D eigenvalue weighted by molar-refractivity contribution is 0.212. The molecule has 0 bridgehead atoms. The van der Waals surface area contributed by atoms with Gasteiger partial charge >= 0.3 is 0 Å². The van der Waals surface area contributed by atoms with Crippen molar-refractivity contribution in [1.29, 1.82) is 0 Å². The molecule has 2 aliphatic heterocycles. The zero-order chi connectivity index (χ0) is 14.9. The standard InChI is InChI=1S/C18H23N3S/c1-14-5-6-16(22-14)13-21-11-8-17-18(21)7-10-20(17)12-15-4-2-3-9-19-15/h2-6,9,17-18H,7-8,10-13H2,1H3/t17-,18+/m1/s1. The number of hydrogen-bond acceptors (Lipinski definition) is 4. The molecule has 3 nitrogen and oxygen atoms in total. The minimum atomic E-state index is 0.725. The number of aromatic nitrogens is 1. The molecular formula is C18H23N3S. The summed E-state index contributed by atoms with van der Waals surface area (Å²) in [4.78, 5) is 12.8. The number of rotatable bonds is 4. The van der Waals surface area contributed by atoms with Crippen molar-refractivity contribution in [3.05, 3.63) is 52.0 Å². The molecule has 4 heteroatoms. The van der Waals surface area contributed by atoms with Gasteiger partial charge in [0, 0.05) is 54.2 Å². The Balaban J connectivity index is 1.41. The van der Waals surface area contributed by atoms with Crippen LogP contribution in [0.2, 0.25) is 0 Å². The van der Waals surface area contributed by atoms with E-state index in [1.54, 1.807) is 0 Å². The average Bonchev–Trinajstić information content (AvgIpc) is 3.21. The molecule has 2 fully saturated rings. The minimum absolute atomic E-state index is 0.725. The van der Waals surface area contributed by atoms with E-state index >= 15 is 0 Å². The van der Waals surface area contributed by atoms with Crippen LogP contribution in [0.5, 0.6) is 0 Å². The molecule has 2 aromatic rings. The molecule has 0 aromatic carbocycles. The van der Waals surface area contributed by atoms with E-state index in [0.29, 0.717) is 0 Å². The Labute approximate surface area is 136 Å². The largest absolute Gasteiger partial charge is 0.294 e. The number of thiophene rings is 1. The Bertz CT molecular complexity index is 624. The minimum Gasteiger partial charge on any atom is -0.294 e. The molecule has 2 aliphatic rings. The summed E-state index contributed by atoms with van der Waals surface area (Å²) in [5.41, 5.74) is 1.20. The van der Waals surface area contributed by atoms with Crippen molar-refractivity contribution < 1.29 is 0 Å². The van der Waals surface area contributed by atoms with Crippen molar-refractivity contribution >= 4 is 11.3 Å². The topological polar surface area (TPSA) is 19.4 Å². The maximum atomic E-state index is 4.49. The number of hydrogen-bond donors (Lipinski definition) is 0. The molecule has 0 aliphatic carbocycles. The van der Waals surface area contributed by atoms with E-state index in [2.05, 4.69) is 46.0 Å². The molecule has 22 heavy (non-hydrogen) atoms. The average molecular weight is 313 g/mol. The molecule has 0 radical (unpaired) electrons. The van der Waals surface area contributed by atoms with Crippen molar-refractivity contribution in [1.82, 2.24) is 14.8 Å². The van der Waals surface area contributed by atoms with Crippen molar-refractivity contribution in [2.45, 2.75) is 44.9 Å². The highest BCUT2D eigenvalue weighted by Gasteiger charge is 2.42. The van der Waals surface area contributed by atoms with Gasteiger partial charge in [-0.3, -0.25) is 14.8 Å². The quantitative estimate of drug-likeness (QED) is 0.863. The van der Waals surface area contributed by atoms with Crippen LogP contribution in [0.3, 0.4) is 0 Å². The molecule has 4 rings (SSSR count). The number of aryl methyl sites for hydroxylation is 1. The van der Waals surface area contributed by atoms with Crippen LogP contribution >= 0.6 is 11.3 Å². The van der Waals surface area contributed by atoms with Gasteiger partial charge in [0.2, 0.25) is 0 Å². The fraction of sp³-hybridized carbons (Fsp3) is 0.500. The fourth-order valence-electron chi connectivity index (χ4n) is 4.03. The molecule has 116 valence electrons.